The van der Waals surface area contributed by atoms with Crippen molar-refractivity contribution >= 4 is 36.2 Å². The molecular formula is C50H72F3N9O7. The Bertz CT molecular complexity index is 2260. The lowest BCUT2D eigenvalue weighted by molar-refractivity contribution is -0.141. The molecule has 0 saturated carbocycles. The first-order chi connectivity index (χ1) is 32.6. The molecule has 5 heterocycles. The number of likely N-dealkylation sites (tertiary alicyclic amines) is 1. The third-order valence-electron chi connectivity index (χ3n) is 13.1. The Balaban J connectivity index is 0.000000709. The first-order valence-electron chi connectivity index (χ1n) is 23.8. The fourth-order valence-corrected chi connectivity index (χ4v) is 9.84. The number of halogens is 3. The summed E-state index contributed by atoms with van der Waals surface area (Å²) in [6.45, 7) is 15.5. The van der Waals surface area contributed by atoms with E-state index in [2.05, 4.69) is 27.3 Å². The number of aryl methyl sites for hydroxylation is 1. The number of carbonyl (C=O) groups is 5. The van der Waals surface area contributed by atoms with Gasteiger partial charge in [0.25, 0.3) is 12.4 Å². The molecule has 3 aliphatic rings. The molecule has 0 spiro atoms. The molecule has 0 bridgehead atoms. The Labute approximate surface area is 404 Å². The van der Waals surface area contributed by atoms with E-state index in [0.717, 1.165) is 47.9 Å². The summed E-state index contributed by atoms with van der Waals surface area (Å²) >= 11 is 0. The van der Waals surface area contributed by atoms with Crippen LogP contribution in [0.15, 0.2) is 43.1 Å². The van der Waals surface area contributed by atoms with Gasteiger partial charge in [-0.25, -0.2) is 5.43 Å². The molecule has 3 amide bonds. The molecule has 0 radical (unpaired) electrons. The van der Waals surface area contributed by atoms with E-state index in [1.165, 1.54) is 10.6 Å². The number of carbonyl (C=O) groups excluding carboxylic acids is 5. The summed E-state index contributed by atoms with van der Waals surface area (Å²) in [6, 6.07) is 6.55. The van der Waals surface area contributed by atoms with Crippen LogP contribution in [0, 0.1) is 17.3 Å². The minimum atomic E-state index is -4.51. The topological polar surface area (TPSA) is 164 Å². The van der Waals surface area contributed by atoms with Crippen LogP contribution in [0.4, 0.5) is 18.9 Å². The Kier molecular flexibility index (Phi) is 18.8. The molecule has 0 aliphatic carbocycles. The average Bonchev–Trinajstić information content (AvgIpc) is 4.02. The Morgan fingerprint density at radius 3 is 2.42 bits per heavy atom. The van der Waals surface area contributed by atoms with E-state index >= 15 is 0 Å². The molecular weight excluding hydrogens is 896 g/mol. The highest BCUT2D eigenvalue weighted by Crippen LogP contribution is 2.43. The van der Waals surface area contributed by atoms with Crippen molar-refractivity contribution in [3.8, 4) is 11.3 Å². The maximum atomic E-state index is 14.5. The van der Waals surface area contributed by atoms with E-state index in [4.69, 9.17) is 9.47 Å². The molecule has 69 heavy (non-hydrogen) atoms. The molecule has 2 fully saturated rings. The number of anilines is 1. The quantitative estimate of drug-likeness (QED) is 0.117. The summed E-state index contributed by atoms with van der Waals surface area (Å²) in [7, 11) is 7.00. The Hall–Kier alpha value is -5.53. The third kappa shape index (κ3) is 13.8. The van der Waals surface area contributed by atoms with Crippen LogP contribution in [0.2, 0.25) is 0 Å². The second kappa shape index (κ2) is 23.9. The number of methoxy groups -OCH3 is 1. The number of hydrazine groups is 1. The minimum Gasteiger partial charge on any atom is -0.467 e. The highest BCUT2D eigenvalue weighted by Gasteiger charge is 2.39. The molecule has 4 unspecified atom stereocenters. The van der Waals surface area contributed by atoms with Gasteiger partial charge in [0, 0.05) is 94.5 Å². The van der Waals surface area contributed by atoms with Crippen molar-refractivity contribution < 1.29 is 46.6 Å². The fourth-order valence-electron chi connectivity index (χ4n) is 9.84. The van der Waals surface area contributed by atoms with Gasteiger partial charge in [-0.2, -0.15) is 18.3 Å². The summed E-state index contributed by atoms with van der Waals surface area (Å²) in [5.41, 5.74) is 8.01. The molecule has 2 aromatic heterocycles. The second-order valence-electron chi connectivity index (χ2n) is 19.7. The first-order valence-corrected chi connectivity index (χ1v) is 23.8. The minimum absolute atomic E-state index is 0.0128. The molecule has 3 aromatic rings. The fraction of sp³-hybridized carbons (Fsp3) is 0.600. The van der Waals surface area contributed by atoms with Gasteiger partial charge in [0.2, 0.25) is 11.8 Å². The standard InChI is InChI=1S/C42H61F3N8O5.C8H11NO2/c1-27(2)36(49(6)7)39(55)48-34(40(56)53-17-11-10-16-46-53)20-29-13-12-14-30(19-29)51-18-15-35-33(23-51)31(21-41(4,5)25-58-26-54)38(52(35)24-42(43,44)45)32-22-47-50(8)37(32)28(3)57-9;1-2-8(11)9-4-3-7(5-9)6-10/h12-14,19,22,26-28,34,36,46H,10-11,15-18,20-21,23-25H2,1-9H3,(H,48,55);2,6-7H,1,3-5H2. The molecule has 16 nitrogen and oxygen atoms in total. The number of alkyl halides is 3. The van der Waals surface area contributed by atoms with E-state index < -0.39 is 36.3 Å². The lowest BCUT2D eigenvalue weighted by Crippen LogP contribution is -2.58. The van der Waals surface area contributed by atoms with Crippen LogP contribution in [0.25, 0.3) is 11.3 Å². The lowest BCUT2D eigenvalue weighted by Gasteiger charge is -2.34. The van der Waals surface area contributed by atoms with Crippen molar-refractivity contribution in [2.45, 2.75) is 111 Å². The van der Waals surface area contributed by atoms with Gasteiger partial charge in [0.1, 0.15) is 18.9 Å². The normalized spacial score (nSPS) is 17.7. The van der Waals surface area contributed by atoms with E-state index in [1.807, 2.05) is 77.9 Å². The molecule has 6 rings (SSSR count). The zero-order valence-electron chi connectivity index (χ0n) is 41.7. The van der Waals surface area contributed by atoms with Gasteiger partial charge in [-0.1, -0.05) is 46.4 Å². The van der Waals surface area contributed by atoms with Crippen molar-refractivity contribution in [3.05, 3.63) is 71.2 Å². The smallest absolute Gasteiger partial charge is 0.406 e. The number of likely N-dealkylation sites (N-methyl/N-ethyl adjacent to an activating group) is 1. The number of aromatic nitrogens is 3. The van der Waals surface area contributed by atoms with Crippen LogP contribution in [-0.2, 0) is 72.8 Å². The van der Waals surface area contributed by atoms with Crippen molar-refractivity contribution in [1.29, 1.82) is 0 Å². The highest BCUT2D eigenvalue weighted by molar-refractivity contribution is 5.90. The SMILES string of the molecule is C=CC(=O)N1CCC(C=O)C1.COC(C)c1c(-c2c(CC(C)(C)COC=O)c3c(n2CC(F)(F)F)CCN(c2cccc(CC(NC(=O)C(C(C)C)N(C)C)C(=O)N4CCCCN4)c2)C3)cnn1C. The van der Waals surface area contributed by atoms with Crippen LogP contribution in [0.5, 0.6) is 0 Å². The van der Waals surface area contributed by atoms with Crippen molar-refractivity contribution in [1.82, 2.24) is 39.9 Å². The summed E-state index contributed by atoms with van der Waals surface area (Å²) in [5.74, 6) is -0.448. The average molecular weight is 968 g/mol. The van der Waals surface area contributed by atoms with Gasteiger partial charge in [0.05, 0.1) is 36.3 Å². The van der Waals surface area contributed by atoms with Gasteiger partial charge in [-0.15, -0.1) is 0 Å². The highest BCUT2D eigenvalue weighted by atomic mass is 19.4. The number of ether oxygens (including phenoxy) is 2. The summed E-state index contributed by atoms with van der Waals surface area (Å²) < 4.78 is 57.5. The molecule has 19 heteroatoms. The number of hydrogen-bond acceptors (Lipinski definition) is 11. The molecule has 1 aromatic carbocycles. The van der Waals surface area contributed by atoms with Gasteiger partial charge in [0.15, 0.2) is 0 Å². The van der Waals surface area contributed by atoms with E-state index in [1.54, 1.807) is 34.9 Å². The van der Waals surface area contributed by atoms with Gasteiger partial charge in [-0.3, -0.25) is 33.8 Å². The van der Waals surface area contributed by atoms with Crippen molar-refractivity contribution in [3.63, 3.8) is 0 Å². The largest absolute Gasteiger partial charge is 0.467 e. The zero-order chi connectivity index (χ0) is 50.8. The van der Waals surface area contributed by atoms with Crippen LogP contribution in [0.3, 0.4) is 0 Å². The molecule has 3 aliphatic heterocycles. The van der Waals surface area contributed by atoms with Crippen LogP contribution in [0.1, 0.15) is 88.1 Å². The maximum Gasteiger partial charge on any atom is 0.406 e. The Morgan fingerprint density at radius 2 is 1.83 bits per heavy atom. The zero-order valence-corrected chi connectivity index (χ0v) is 41.7. The number of hydrogen-bond donors (Lipinski definition) is 2. The molecule has 2 N–H and O–H groups in total. The van der Waals surface area contributed by atoms with Crippen LogP contribution >= 0.6 is 0 Å². The lowest BCUT2D eigenvalue weighted by atomic mass is 9.83. The summed E-state index contributed by atoms with van der Waals surface area (Å²) in [5, 5.41) is 9.16. The Morgan fingerprint density at radius 1 is 1.09 bits per heavy atom. The maximum absolute atomic E-state index is 14.5. The van der Waals surface area contributed by atoms with E-state index in [0.29, 0.717) is 81.2 Å². The monoisotopic (exact) mass is 968 g/mol. The number of rotatable bonds is 19. The van der Waals surface area contributed by atoms with E-state index in [-0.39, 0.29) is 42.6 Å². The number of amides is 3. The number of benzene rings is 1. The predicted octanol–water partition coefficient (Wildman–Crippen LogP) is 5.42. The molecule has 2 saturated heterocycles. The number of nitrogens with zero attached hydrogens (tertiary/aromatic N) is 7. The van der Waals surface area contributed by atoms with Crippen molar-refractivity contribution in [2.75, 3.05) is 65.4 Å². The van der Waals surface area contributed by atoms with Gasteiger partial charge >= 0.3 is 6.18 Å². The predicted molar refractivity (Wildman–Crippen MR) is 257 cm³/mol. The first kappa shape index (κ1) is 54.4. The van der Waals surface area contributed by atoms with Crippen molar-refractivity contribution in [2.24, 2.45) is 24.3 Å². The molecule has 380 valence electrons. The van der Waals surface area contributed by atoms with E-state index in [9.17, 15) is 37.1 Å². The molecule has 4 atom stereocenters. The number of fused-ring (bicyclic) bond motifs is 1. The third-order valence-corrected chi connectivity index (χ3v) is 13.1. The van der Waals surface area contributed by atoms with Gasteiger partial charge < -0.3 is 34.0 Å². The summed E-state index contributed by atoms with van der Waals surface area (Å²) in [4.78, 5) is 65.8. The second-order valence-corrected chi connectivity index (χ2v) is 19.7. The summed E-state index contributed by atoms with van der Waals surface area (Å²) in [6.07, 6.45) is 2.36. The number of nitrogens with one attached hydrogen (secondary N) is 2. The van der Waals surface area contributed by atoms with Crippen LogP contribution < -0.4 is 15.6 Å². The van der Waals surface area contributed by atoms with Gasteiger partial charge in [-0.05, 0) is 87.5 Å². The van der Waals surface area contributed by atoms with Crippen LogP contribution in [-0.4, -0.2) is 138 Å². The number of aldehydes is 1.